The summed E-state index contributed by atoms with van der Waals surface area (Å²) in [7, 11) is 0. The van der Waals surface area contributed by atoms with Gasteiger partial charge in [-0.05, 0) is 38.0 Å². The van der Waals surface area contributed by atoms with E-state index in [1.807, 2.05) is 30.0 Å². The van der Waals surface area contributed by atoms with Crippen LogP contribution in [0.25, 0.3) is 6.08 Å². The highest BCUT2D eigenvalue weighted by Crippen LogP contribution is 2.36. The van der Waals surface area contributed by atoms with Crippen LogP contribution in [0.3, 0.4) is 0 Å². The average molecular weight is 415 g/mol. The van der Waals surface area contributed by atoms with Crippen LogP contribution in [0.15, 0.2) is 30.3 Å². The summed E-state index contributed by atoms with van der Waals surface area (Å²) in [6, 6.07) is 6.33. The van der Waals surface area contributed by atoms with Gasteiger partial charge in [-0.25, -0.2) is 4.39 Å². The van der Waals surface area contributed by atoms with Crippen LogP contribution in [0.1, 0.15) is 37.1 Å². The van der Waals surface area contributed by atoms with E-state index in [0.717, 1.165) is 18.5 Å². The largest absolute Gasteiger partial charge is 0.368 e. The first kappa shape index (κ1) is 19.1. The second kappa shape index (κ2) is 8.04. The van der Waals surface area contributed by atoms with Crippen molar-refractivity contribution in [2.24, 2.45) is 0 Å². The van der Waals surface area contributed by atoms with E-state index < -0.39 is 0 Å². The number of nitrogens with zero attached hydrogens (tertiary/aromatic N) is 5. The number of nitrogens with one attached hydrogen (secondary N) is 2. The van der Waals surface area contributed by atoms with Gasteiger partial charge in [0.05, 0.1) is 11.7 Å². The van der Waals surface area contributed by atoms with Gasteiger partial charge < -0.3 is 16.0 Å². The van der Waals surface area contributed by atoms with E-state index in [4.69, 9.17) is 17.3 Å². The van der Waals surface area contributed by atoms with Crippen molar-refractivity contribution in [2.75, 3.05) is 22.5 Å². The molecule has 29 heavy (non-hydrogen) atoms. The SMILES string of the molecule is C/C=C/c1cc(Nc2nc(N)nc(N3CCCC3c3ccc(Cl)cc3F)n2)n[nH]1. The standard InChI is InChI=1S/C19H20ClFN8/c1-2-4-12-10-16(28-27-12)23-18-24-17(22)25-19(26-18)29-8-3-5-15(29)13-7-6-11(20)9-14(13)21/h2,4,6-7,9-10,15H,3,5,8H2,1H3,(H4,22,23,24,25,26,27,28)/b4-2+. The van der Waals surface area contributed by atoms with Crippen LogP contribution in [0.5, 0.6) is 0 Å². The van der Waals surface area contributed by atoms with Gasteiger partial charge in [-0.3, -0.25) is 5.10 Å². The predicted molar refractivity (Wildman–Crippen MR) is 112 cm³/mol. The molecular formula is C19H20ClFN8. The Morgan fingerprint density at radius 3 is 2.97 bits per heavy atom. The summed E-state index contributed by atoms with van der Waals surface area (Å²) in [6.07, 6.45) is 5.45. The molecule has 1 aliphatic heterocycles. The van der Waals surface area contributed by atoms with Gasteiger partial charge in [-0.2, -0.15) is 20.1 Å². The van der Waals surface area contributed by atoms with E-state index in [1.165, 1.54) is 6.07 Å². The third kappa shape index (κ3) is 4.14. The van der Waals surface area contributed by atoms with Crippen molar-refractivity contribution in [3.63, 3.8) is 0 Å². The molecule has 1 aliphatic rings. The number of anilines is 4. The van der Waals surface area contributed by atoms with Crippen LogP contribution in [0.2, 0.25) is 5.02 Å². The van der Waals surface area contributed by atoms with Crippen molar-refractivity contribution in [2.45, 2.75) is 25.8 Å². The molecule has 0 saturated carbocycles. The van der Waals surface area contributed by atoms with Gasteiger partial charge in [-0.15, -0.1) is 0 Å². The van der Waals surface area contributed by atoms with E-state index in [1.54, 1.807) is 12.1 Å². The van der Waals surface area contributed by atoms with Crippen LogP contribution < -0.4 is 16.0 Å². The summed E-state index contributed by atoms with van der Waals surface area (Å²) < 4.78 is 14.5. The third-order valence-electron chi connectivity index (χ3n) is 4.66. The predicted octanol–water partition coefficient (Wildman–Crippen LogP) is 4.09. The number of rotatable bonds is 5. The van der Waals surface area contributed by atoms with Crippen molar-refractivity contribution in [1.82, 2.24) is 25.1 Å². The zero-order chi connectivity index (χ0) is 20.4. The summed E-state index contributed by atoms with van der Waals surface area (Å²) >= 11 is 5.89. The lowest BCUT2D eigenvalue weighted by molar-refractivity contribution is 0.577. The van der Waals surface area contributed by atoms with E-state index in [-0.39, 0.29) is 23.8 Å². The minimum atomic E-state index is -0.345. The fourth-order valence-corrected chi connectivity index (χ4v) is 3.61. The Balaban J connectivity index is 1.62. The second-order valence-electron chi connectivity index (χ2n) is 6.67. The van der Waals surface area contributed by atoms with Gasteiger partial charge in [0.1, 0.15) is 5.82 Å². The molecule has 0 amide bonds. The Hall–Kier alpha value is -3.20. The monoisotopic (exact) mass is 414 g/mol. The number of hydrogen-bond acceptors (Lipinski definition) is 7. The van der Waals surface area contributed by atoms with Crippen molar-refractivity contribution >= 4 is 41.3 Å². The van der Waals surface area contributed by atoms with E-state index >= 15 is 0 Å². The Morgan fingerprint density at radius 1 is 1.31 bits per heavy atom. The van der Waals surface area contributed by atoms with Crippen molar-refractivity contribution in [3.8, 4) is 0 Å². The van der Waals surface area contributed by atoms with Gasteiger partial charge in [0.2, 0.25) is 17.8 Å². The maximum atomic E-state index is 14.5. The number of nitrogen functional groups attached to an aromatic ring is 1. The number of halogens is 2. The Bertz CT molecular complexity index is 1050. The molecule has 1 aromatic carbocycles. The summed E-state index contributed by atoms with van der Waals surface area (Å²) in [5.41, 5.74) is 7.31. The lowest BCUT2D eigenvalue weighted by Crippen LogP contribution is -2.26. The highest BCUT2D eigenvalue weighted by atomic mass is 35.5. The van der Waals surface area contributed by atoms with E-state index in [2.05, 4.69) is 30.5 Å². The minimum Gasteiger partial charge on any atom is -0.368 e. The molecule has 3 aromatic rings. The fourth-order valence-electron chi connectivity index (χ4n) is 3.45. The molecule has 8 nitrogen and oxygen atoms in total. The van der Waals surface area contributed by atoms with Crippen LogP contribution in [0.4, 0.5) is 28.1 Å². The van der Waals surface area contributed by atoms with Crippen LogP contribution >= 0.6 is 11.6 Å². The molecule has 0 spiro atoms. The molecule has 0 bridgehead atoms. The molecule has 1 atom stereocenters. The number of aromatic nitrogens is 5. The summed E-state index contributed by atoms with van der Waals surface area (Å²) in [4.78, 5) is 14.8. The Morgan fingerprint density at radius 2 is 2.17 bits per heavy atom. The number of aromatic amines is 1. The first-order valence-corrected chi connectivity index (χ1v) is 9.59. The maximum absolute atomic E-state index is 14.5. The molecule has 1 fully saturated rings. The molecule has 4 N–H and O–H groups in total. The fraction of sp³-hybridized carbons (Fsp3) is 0.263. The normalized spacial score (nSPS) is 16.7. The molecule has 2 aromatic heterocycles. The number of benzene rings is 1. The van der Waals surface area contributed by atoms with Crippen LogP contribution in [-0.2, 0) is 0 Å². The lowest BCUT2D eigenvalue weighted by atomic mass is 10.0. The molecule has 10 heteroatoms. The first-order chi connectivity index (χ1) is 14.0. The lowest BCUT2D eigenvalue weighted by Gasteiger charge is -2.25. The van der Waals surface area contributed by atoms with Crippen molar-refractivity contribution in [3.05, 3.63) is 52.4 Å². The first-order valence-electron chi connectivity index (χ1n) is 9.22. The Kier molecular flexibility index (Phi) is 5.30. The van der Waals surface area contributed by atoms with Crippen molar-refractivity contribution in [1.29, 1.82) is 0 Å². The maximum Gasteiger partial charge on any atom is 0.235 e. The highest BCUT2D eigenvalue weighted by Gasteiger charge is 2.30. The molecule has 4 rings (SSSR count). The number of allylic oxidation sites excluding steroid dienone is 1. The molecule has 0 aliphatic carbocycles. The smallest absolute Gasteiger partial charge is 0.235 e. The zero-order valence-corrected chi connectivity index (χ0v) is 16.5. The molecular weight excluding hydrogens is 395 g/mol. The van der Waals surface area contributed by atoms with Crippen LogP contribution in [0, 0.1) is 5.82 Å². The number of H-pyrrole nitrogens is 1. The van der Waals surface area contributed by atoms with Gasteiger partial charge >= 0.3 is 0 Å². The van der Waals surface area contributed by atoms with E-state index in [0.29, 0.717) is 28.9 Å². The molecule has 0 radical (unpaired) electrons. The molecule has 1 saturated heterocycles. The Labute approximate surface area is 172 Å². The minimum absolute atomic E-state index is 0.0731. The third-order valence-corrected chi connectivity index (χ3v) is 4.89. The topological polar surface area (TPSA) is 109 Å². The zero-order valence-electron chi connectivity index (χ0n) is 15.7. The second-order valence-corrected chi connectivity index (χ2v) is 7.10. The average Bonchev–Trinajstić information content (AvgIpc) is 3.31. The summed E-state index contributed by atoms with van der Waals surface area (Å²) in [6.45, 7) is 2.60. The van der Waals surface area contributed by atoms with Gasteiger partial charge in [0.25, 0.3) is 0 Å². The van der Waals surface area contributed by atoms with E-state index in [9.17, 15) is 4.39 Å². The molecule has 1 unspecified atom stereocenters. The number of nitrogens with two attached hydrogens (primary N) is 1. The molecule has 3 heterocycles. The van der Waals surface area contributed by atoms with Gasteiger partial charge in [0.15, 0.2) is 5.82 Å². The molecule has 150 valence electrons. The van der Waals surface area contributed by atoms with Crippen LogP contribution in [-0.4, -0.2) is 31.7 Å². The van der Waals surface area contributed by atoms with Crippen molar-refractivity contribution < 1.29 is 4.39 Å². The summed E-state index contributed by atoms with van der Waals surface area (Å²) in [5, 5.41) is 10.4. The van der Waals surface area contributed by atoms with Gasteiger partial charge in [0, 0.05) is 23.2 Å². The summed E-state index contributed by atoms with van der Waals surface area (Å²) in [5.74, 6) is 0.942. The van der Waals surface area contributed by atoms with Gasteiger partial charge in [-0.1, -0.05) is 23.7 Å². The highest BCUT2D eigenvalue weighted by molar-refractivity contribution is 6.30. The quantitative estimate of drug-likeness (QED) is 0.576. The number of hydrogen-bond donors (Lipinski definition) is 3.